The predicted molar refractivity (Wildman–Crippen MR) is 101 cm³/mol. The highest BCUT2D eigenvalue weighted by atomic mass is 16.4. The number of carbonyl (C=O) groups is 1. The van der Waals surface area contributed by atoms with E-state index in [4.69, 9.17) is 0 Å². The summed E-state index contributed by atoms with van der Waals surface area (Å²) in [4.78, 5) is 11.9. The normalized spacial score (nSPS) is 30.5. The molecule has 0 aromatic heterocycles. The summed E-state index contributed by atoms with van der Waals surface area (Å²) in [5.41, 5.74) is 0. The molecule has 9 nitrogen and oxygen atoms in total. The Hall–Kier alpha value is -1.23. The number of nitrogens with one attached hydrogen (secondary N) is 3. The molecule has 0 fully saturated rings. The molecule has 1 aliphatic carbocycles. The Kier molecular flexibility index (Phi) is 10.8. The molecule has 0 spiro atoms. The predicted octanol–water partition coefficient (Wildman–Crippen LogP) is -1.41. The van der Waals surface area contributed by atoms with Crippen LogP contribution in [0.3, 0.4) is 0 Å². The first kappa shape index (κ1) is 23.8. The lowest BCUT2D eigenvalue weighted by atomic mass is 9.93. The maximum absolute atomic E-state index is 11.9. The quantitative estimate of drug-likeness (QED) is 0.225. The molecule has 8 N–H and O–H groups in total. The van der Waals surface area contributed by atoms with Gasteiger partial charge in [-0.1, -0.05) is 19.1 Å². The molecule has 0 radical (unpaired) electrons. The van der Waals surface area contributed by atoms with Crippen LogP contribution in [0.25, 0.3) is 0 Å². The molecule has 0 aromatic carbocycles. The van der Waals surface area contributed by atoms with Gasteiger partial charge in [-0.3, -0.25) is 0 Å². The number of amides is 2. The first-order valence-electron chi connectivity index (χ1n) is 9.64. The highest BCUT2D eigenvalue weighted by Gasteiger charge is 2.32. The number of urea groups is 1. The van der Waals surface area contributed by atoms with Crippen LogP contribution in [0, 0.1) is 0 Å². The van der Waals surface area contributed by atoms with E-state index in [9.17, 15) is 30.3 Å². The monoisotopic (exact) mass is 389 g/mol. The van der Waals surface area contributed by atoms with Gasteiger partial charge in [-0.2, -0.15) is 0 Å². The average Bonchev–Trinajstić information content (AvgIpc) is 2.64. The number of carbonyl (C=O) groups excluding carboxylic acids is 1. The van der Waals surface area contributed by atoms with E-state index in [2.05, 4.69) is 16.0 Å². The fraction of sp³-hybridized carbons (Fsp3) is 0.833. The largest absolute Gasteiger partial charge is 0.393 e. The van der Waals surface area contributed by atoms with Crippen molar-refractivity contribution in [3.8, 4) is 0 Å². The van der Waals surface area contributed by atoms with Crippen molar-refractivity contribution in [1.29, 1.82) is 0 Å². The molecule has 1 rings (SSSR count). The van der Waals surface area contributed by atoms with Crippen molar-refractivity contribution in [1.82, 2.24) is 16.0 Å². The van der Waals surface area contributed by atoms with E-state index in [1.807, 2.05) is 0 Å². The van der Waals surface area contributed by atoms with Crippen LogP contribution in [0.15, 0.2) is 12.2 Å². The Bertz CT molecular complexity index is 464. The molecule has 0 aromatic rings. The van der Waals surface area contributed by atoms with Crippen molar-refractivity contribution in [2.45, 2.75) is 82.1 Å². The minimum Gasteiger partial charge on any atom is -0.393 e. The van der Waals surface area contributed by atoms with Crippen molar-refractivity contribution in [2.75, 3.05) is 13.1 Å². The van der Waals surface area contributed by atoms with E-state index < -0.39 is 48.6 Å². The first-order valence-corrected chi connectivity index (χ1v) is 9.64. The Morgan fingerprint density at radius 3 is 2.52 bits per heavy atom. The third-order valence-electron chi connectivity index (χ3n) is 4.79. The summed E-state index contributed by atoms with van der Waals surface area (Å²) in [6, 6.07) is -1.67. The zero-order valence-corrected chi connectivity index (χ0v) is 16.1. The highest BCUT2D eigenvalue weighted by molar-refractivity contribution is 5.74. The molecule has 0 saturated heterocycles. The third-order valence-corrected chi connectivity index (χ3v) is 4.79. The summed E-state index contributed by atoms with van der Waals surface area (Å²) < 4.78 is 0. The van der Waals surface area contributed by atoms with Gasteiger partial charge >= 0.3 is 6.03 Å². The number of rotatable bonds is 9. The summed E-state index contributed by atoms with van der Waals surface area (Å²) in [6.07, 6.45) is -0.461. The number of allylic oxidation sites excluding steroid dienone is 1. The van der Waals surface area contributed by atoms with E-state index in [1.165, 1.54) is 6.08 Å². The van der Waals surface area contributed by atoms with Crippen LogP contribution in [0.2, 0.25) is 0 Å². The lowest BCUT2D eigenvalue weighted by molar-refractivity contribution is -0.0593. The van der Waals surface area contributed by atoms with Gasteiger partial charge in [0.25, 0.3) is 0 Å². The van der Waals surface area contributed by atoms with Crippen LogP contribution in [0.4, 0.5) is 4.79 Å². The van der Waals surface area contributed by atoms with E-state index in [0.29, 0.717) is 25.8 Å². The van der Waals surface area contributed by atoms with Crippen molar-refractivity contribution < 1.29 is 30.3 Å². The Balaban J connectivity index is 2.74. The van der Waals surface area contributed by atoms with Gasteiger partial charge in [-0.05, 0) is 26.2 Å². The van der Waals surface area contributed by atoms with Crippen molar-refractivity contribution in [3.05, 3.63) is 12.2 Å². The molecule has 7 unspecified atom stereocenters. The van der Waals surface area contributed by atoms with Gasteiger partial charge in [0.15, 0.2) is 0 Å². The summed E-state index contributed by atoms with van der Waals surface area (Å²) in [5.74, 6) is 0. The van der Waals surface area contributed by atoms with Crippen molar-refractivity contribution >= 4 is 6.03 Å². The Morgan fingerprint density at radius 1 is 1.19 bits per heavy atom. The van der Waals surface area contributed by atoms with E-state index >= 15 is 0 Å². The Labute approximate surface area is 160 Å². The SMILES string of the molecule is CCNC(=O)NC(CNC1CC/C=C\C(O)C(O)C1O)C(O)CC(O)CC. The van der Waals surface area contributed by atoms with Gasteiger partial charge in [0.05, 0.1) is 24.4 Å². The second-order valence-corrected chi connectivity index (χ2v) is 6.97. The standard InChI is InChI=1S/C18H35N3O6/c1-3-11(22)9-15(24)13(21-18(27)19-4-2)10-20-12-7-5-6-8-14(23)17(26)16(12)25/h6,8,11-17,20,22-26H,3-5,7,9-10H2,1-2H3,(H2,19,21,27)/b8-6-. The number of hydrogen-bond acceptors (Lipinski definition) is 7. The van der Waals surface area contributed by atoms with Crippen LogP contribution in [-0.4, -0.2) is 87.3 Å². The van der Waals surface area contributed by atoms with Crippen LogP contribution in [0.5, 0.6) is 0 Å². The highest BCUT2D eigenvalue weighted by Crippen LogP contribution is 2.15. The molecule has 2 amide bonds. The summed E-state index contributed by atoms with van der Waals surface area (Å²) >= 11 is 0. The molecule has 158 valence electrons. The second-order valence-electron chi connectivity index (χ2n) is 6.97. The summed E-state index contributed by atoms with van der Waals surface area (Å²) in [6.45, 7) is 4.13. The van der Waals surface area contributed by atoms with E-state index in [-0.39, 0.29) is 13.0 Å². The summed E-state index contributed by atoms with van der Waals surface area (Å²) in [7, 11) is 0. The van der Waals surface area contributed by atoms with Crippen LogP contribution < -0.4 is 16.0 Å². The molecule has 0 heterocycles. The number of aliphatic hydroxyl groups excluding tert-OH is 5. The van der Waals surface area contributed by atoms with Crippen LogP contribution in [-0.2, 0) is 0 Å². The van der Waals surface area contributed by atoms with Crippen molar-refractivity contribution in [3.63, 3.8) is 0 Å². The third kappa shape index (κ3) is 8.12. The summed E-state index contributed by atoms with van der Waals surface area (Å²) in [5, 5.41) is 58.6. The lowest BCUT2D eigenvalue weighted by Gasteiger charge is -2.33. The average molecular weight is 389 g/mol. The van der Waals surface area contributed by atoms with Gasteiger partial charge in [0.1, 0.15) is 12.2 Å². The smallest absolute Gasteiger partial charge is 0.315 e. The second kappa shape index (κ2) is 12.3. The van der Waals surface area contributed by atoms with E-state index in [1.54, 1.807) is 19.9 Å². The molecule has 0 bridgehead atoms. The van der Waals surface area contributed by atoms with Gasteiger partial charge in [0, 0.05) is 25.6 Å². The van der Waals surface area contributed by atoms with Crippen LogP contribution in [0.1, 0.15) is 39.5 Å². The molecule has 0 aliphatic heterocycles. The Morgan fingerprint density at radius 2 is 1.89 bits per heavy atom. The fourth-order valence-electron chi connectivity index (χ4n) is 3.01. The van der Waals surface area contributed by atoms with Crippen LogP contribution >= 0.6 is 0 Å². The first-order chi connectivity index (χ1) is 12.8. The molecule has 7 atom stereocenters. The number of aliphatic hydroxyl groups is 5. The maximum Gasteiger partial charge on any atom is 0.315 e. The van der Waals surface area contributed by atoms with E-state index in [0.717, 1.165) is 0 Å². The zero-order chi connectivity index (χ0) is 20.4. The molecule has 1 aliphatic rings. The molecule has 0 saturated carbocycles. The zero-order valence-electron chi connectivity index (χ0n) is 16.1. The molecule has 27 heavy (non-hydrogen) atoms. The number of hydrogen-bond donors (Lipinski definition) is 8. The van der Waals surface area contributed by atoms with Crippen molar-refractivity contribution in [2.24, 2.45) is 0 Å². The topological polar surface area (TPSA) is 154 Å². The minimum atomic E-state index is -1.33. The van der Waals surface area contributed by atoms with Gasteiger partial charge in [0.2, 0.25) is 0 Å². The minimum absolute atomic E-state index is 0.104. The molecular formula is C18H35N3O6. The maximum atomic E-state index is 11.9. The lowest BCUT2D eigenvalue weighted by Crippen LogP contribution is -2.57. The molecular weight excluding hydrogens is 354 g/mol. The fourth-order valence-corrected chi connectivity index (χ4v) is 3.01. The van der Waals surface area contributed by atoms with Gasteiger partial charge < -0.3 is 41.5 Å². The molecule has 9 heteroatoms. The van der Waals surface area contributed by atoms with Gasteiger partial charge in [-0.15, -0.1) is 0 Å². The van der Waals surface area contributed by atoms with Gasteiger partial charge in [-0.25, -0.2) is 4.79 Å².